The molecule has 2 aromatic rings. The number of aromatic nitrogens is 1. The lowest BCUT2D eigenvalue weighted by Crippen LogP contribution is -2.05. The van der Waals surface area contributed by atoms with Crippen molar-refractivity contribution in [3.63, 3.8) is 0 Å². The number of nitrogens with two attached hydrogens (primary N) is 1. The lowest BCUT2D eigenvalue weighted by atomic mass is 10.0. The van der Waals surface area contributed by atoms with E-state index in [1.54, 1.807) is 0 Å². The molecule has 2 N–H and O–H groups in total. The van der Waals surface area contributed by atoms with Crippen molar-refractivity contribution in [3.05, 3.63) is 52.7 Å². The minimum absolute atomic E-state index is 0.429. The minimum Gasteiger partial charge on any atom is -0.439 e. The maximum absolute atomic E-state index is 5.91. The summed E-state index contributed by atoms with van der Waals surface area (Å²) in [7, 11) is 0. The highest BCUT2D eigenvalue weighted by Crippen LogP contribution is 2.27. The third kappa shape index (κ3) is 3.17. The van der Waals surface area contributed by atoms with Gasteiger partial charge >= 0.3 is 0 Å². The van der Waals surface area contributed by atoms with E-state index in [1.165, 1.54) is 5.56 Å². The molecular weight excluding hydrogens is 248 g/mol. The maximum atomic E-state index is 5.91. The molecule has 20 heavy (non-hydrogen) atoms. The van der Waals surface area contributed by atoms with Crippen LogP contribution in [0.2, 0.25) is 0 Å². The van der Waals surface area contributed by atoms with Gasteiger partial charge in [0.05, 0.1) is 0 Å². The van der Waals surface area contributed by atoms with E-state index in [9.17, 15) is 0 Å². The van der Waals surface area contributed by atoms with Crippen molar-refractivity contribution >= 4 is 0 Å². The predicted octanol–water partition coefficient (Wildman–Crippen LogP) is 4.07. The normalized spacial score (nSPS) is 10.9. The molecule has 3 heteroatoms. The van der Waals surface area contributed by atoms with Crippen LogP contribution in [0.4, 0.5) is 0 Å². The van der Waals surface area contributed by atoms with Crippen LogP contribution >= 0.6 is 0 Å². The number of ether oxygens (including phenoxy) is 1. The molecule has 0 saturated carbocycles. The molecule has 0 fully saturated rings. The highest BCUT2D eigenvalue weighted by molar-refractivity contribution is 5.39. The molecule has 0 unspecified atom stereocenters. The van der Waals surface area contributed by atoms with Crippen LogP contribution in [0.1, 0.15) is 42.1 Å². The summed E-state index contributed by atoms with van der Waals surface area (Å²) < 4.78 is 5.91. The van der Waals surface area contributed by atoms with Gasteiger partial charge in [0.15, 0.2) is 0 Å². The second-order valence-electron chi connectivity index (χ2n) is 5.39. The monoisotopic (exact) mass is 270 g/mol. The van der Waals surface area contributed by atoms with Crippen molar-refractivity contribution in [1.82, 2.24) is 4.98 Å². The van der Waals surface area contributed by atoms with Gasteiger partial charge in [-0.1, -0.05) is 26.0 Å². The number of hydrogen-bond donors (Lipinski definition) is 1. The summed E-state index contributed by atoms with van der Waals surface area (Å²) in [6.45, 7) is 8.77. The van der Waals surface area contributed by atoms with E-state index in [-0.39, 0.29) is 0 Å². The number of rotatable bonds is 4. The fraction of sp³-hybridized carbons (Fsp3) is 0.353. The van der Waals surface area contributed by atoms with Crippen LogP contribution in [0.5, 0.6) is 11.6 Å². The first-order chi connectivity index (χ1) is 9.51. The Balaban J connectivity index is 2.29. The zero-order valence-electron chi connectivity index (χ0n) is 12.6. The quantitative estimate of drug-likeness (QED) is 0.911. The Labute approximate surface area is 120 Å². The summed E-state index contributed by atoms with van der Waals surface area (Å²) in [5.74, 6) is 1.92. The summed E-state index contributed by atoms with van der Waals surface area (Å²) in [5.41, 5.74) is 10.1. The zero-order valence-corrected chi connectivity index (χ0v) is 12.6. The smallest absolute Gasteiger partial charge is 0.224 e. The fourth-order valence-electron chi connectivity index (χ4n) is 2.19. The maximum Gasteiger partial charge on any atom is 0.224 e. The number of benzene rings is 1. The fourth-order valence-corrected chi connectivity index (χ4v) is 2.19. The summed E-state index contributed by atoms with van der Waals surface area (Å²) in [4.78, 5) is 4.46. The number of nitrogens with zero attached hydrogens (tertiary/aromatic N) is 1. The molecule has 0 saturated heterocycles. The van der Waals surface area contributed by atoms with Crippen molar-refractivity contribution in [3.8, 4) is 11.6 Å². The average molecular weight is 270 g/mol. The SMILES string of the molecule is Cc1cc(C)c(CN)c(Oc2ccc(C(C)C)cc2)n1. The molecule has 0 aliphatic carbocycles. The number of pyridine rings is 1. The van der Waals surface area contributed by atoms with Gasteiger partial charge in [-0.25, -0.2) is 4.98 Å². The van der Waals surface area contributed by atoms with Crippen LogP contribution < -0.4 is 10.5 Å². The van der Waals surface area contributed by atoms with Crippen LogP contribution in [0.25, 0.3) is 0 Å². The van der Waals surface area contributed by atoms with Crippen LogP contribution in [0.15, 0.2) is 30.3 Å². The Morgan fingerprint density at radius 2 is 1.80 bits per heavy atom. The minimum atomic E-state index is 0.429. The second-order valence-corrected chi connectivity index (χ2v) is 5.39. The van der Waals surface area contributed by atoms with Crippen LogP contribution in [-0.4, -0.2) is 4.98 Å². The Morgan fingerprint density at radius 1 is 1.15 bits per heavy atom. The summed E-state index contributed by atoms with van der Waals surface area (Å²) >= 11 is 0. The topological polar surface area (TPSA) is 48.1 Å². The molecule has 1 heterocycles. The lowest BCUT2D eigenvalue weighted by Gasteiger charge is -2.13. The lowest BCUT2D eigenvalue weighted by molar-refractivity contribution is 0.454. The van der Waals surface area contributed by atoms with Crippen LogP contribution in [0, 0.1) is 13.8 Å². The first kappa shape index (κ1) is 14.5. The summed E-state index contributed by atoms with van der Waals surface area (Å²) in [6, 6.07) is 10.2. The van der Waals surface area contributed by atoms with Crippen molar-refractivity contribution in [2.45, 2.75) is 40.2 Å². The largest absolute Gasteiger partial charge is 0.439 e. The molecule has 1 aromatic carbocycles. The van der Waals surface area contributed by atoms with Gasteiger partial charge in [-0.15, -0.1) is 0 Å². The zero-order chi connectivity index (χ0) is 14.7. The molecule has 0 aliphatic heterocycles. The molecule has 2 rings (SSSR count). The molecular formula is C17H22N2O. The van der Waals surface area contributed by atoms with E-state index in [2.05, 4.69) is 31.0 Å². The molecule has 1 aromatic heterocycles. The highest BCUT2D eigenvalue weighted by Gasteiger charge is 2.10. The predicted molar refractivity (Wildman–Crippen MR) is 82.2 cm³/mol. The molecule has 3 nitrogen and oxygen atoms in total. The molecule has 106 valence electrons. The van der Waals surface area contributed by atoms with E-state index in [1.807, 2.05) is 32.0 Å². The molecule has 0 amide bonds. The molecule has 0 atom stereocenters. The molecule has 0 bridgehead atoms. The van der Waals surface area contributed by atoms with E-state index in [0.29, 0.717) is 18.3 Å². The third-order valence-corrected chi connectivity index (χ3v) is 3.40. The van der Waals surface area contributed by atoms with Crippen LogP contribution in [0.3, 0.4) is 0 Å². The van der Waals surface area contributed by atoms with Gasteiger partial charge < -0.3 is 10.5 Å². The van der Waals surface area contributed by atoms with E-state index < -0.39 is 0 Å². The van der Waals surface area contributed by atoms with E-state index in [0.717, 1.165) is 22.6 Å². The molecule has 0 radical (unpaired) electrons. The van der Waals surface area contributed by atoms with Gasteiger partial charge in [0.25, 0.3) is 0 Å². The number of hydrogen-bond acceptors (Lipinski definition) is 3. The molecule has 0 aliphatic rings. The van der Waals surface area contributed by atoms with Gasteiger partial charge in [0, 0.05) is 17.8 Å². The highest BCUT2D eigenvalue weighted by atomic mass is 16.5. The Morgan fingerprint density at radius 3 is 2.35 bits per heavy atom. The number of aryl methyl sites for hydroxylation is 2. The Bertz CT molecular complexity index is 589. The van der Waals surface area contributed by atoms with E-state index in [4.69, 9.17) is 10.5 Å². The summed E-state index contributed by atoms with van der Waals surface area (Å²) in [6.07, 6.45) is 0. The van der Waals surface area contributed by atoms with Gasteiger partial charge in [-0.05, 0) is 49.1 Å². The Kier molecular flexibility index (Phi) is 4.40. The van der Waals surface area contributed by atoms with Crippen molar-refractivity contribution in [1.29, 1.82) is 0 Å². The van der Waals surface area contributed by atoms with Crippen molar-refractivity contribution < 1.29 is 4.74 Å². The van der Waals surface area contributed by atoms with Crippen LogP contribution in [-0.2, 0) is 6.54 Å². The second kappa shape index (κ2) is 6.06. The molecule has 0 spiro atoms. The van der Waals surface area contributed by atoms with Gasteiger partial charge in [-0.2, -0.15) is 0 Å². The third-order valence-electron chi connectivity index (χ3n) is 3.40. The van der Waals surface area contributed by atoms with Crippen molar-refractivity contribution in [2.75, 3.05) is 0 Å². The summed E-state index contributed by atoms with van der Waals surface area (Å²) in [5, 5.41) is 0. The van der Waals surface area contributed by atoms with Gasteiger partial charge in [0.1, 0.15) is 5.75 Å². The van der Waals surface area contributed by atoms with Gasteiger partial charge in [0.2, 0.25) is 5.88 Å². The van der Waals surface area contributed by atoms with Crippen molar-refractivity contribution in [2.24, 2.45) is 5.73 Å². The first-order valence-electron chi connectivity index (χ1n) is 6.96. The van der Waals surface area contributed by atoms with Gasteiger partial charge in [-0.3, -0.25) is 0 Å². The van der Waals surface area contributed by atoms with E-state index >= 15 is 0 Å². The Hall–Kier alpha value is -1.87. The standard InChI is InChI=1S/C17H22N2O/c1-11(2)14-5-7-15(8-6-14)20-17-16(10-18)12(3)9-13(4)19-17/h5-9,11H,10,18H2,1-4H3. The first-order valence-corrected chi connectivity index (χ1v) is 6.96. The average Bonchev–Trinajstić information content (AvgIpc) is 2.39.